The molecule has 0 radical (unpaired) electrons. The van der Waals surface area contributed by atoms with Gasteiger partial charge < -0.3 is 9.29 Å². The summed E-state index contributed by atoms with van der Waals surface area (Å²) in [6.07, 6.45) is 0. The van der Waals surface area contributed by atoms with Gasteiger partial charge in [0.15, 0.2) is 11.5 Å². The van der Waals surface area contributed by atoms with E-state index >= 15 is 0 Å². The van der Waals surface area contributed by atoms with E-state index in [-0.39, 0.29) is 32.6 Å². The molecule has 0 aliphatic carbocycles. The molecule has 13 heavy (non-hydrogen) atoms. The summed E-state index contributed by atoms with van der Waals surface area (Å²) in [5.41, 5.74) is 0. The van der Waals surface area contributed by atoms with Gasteiger partial charge in [-0.2, -0.15) is 8.42 Å². The van der Waals surface area contributed by atoms with Crippen molar-refractivity contribution in [3.05, 3.63) is 24.3 Å². The molecule has 0 spiro atoms. The fourth-order valence-corrected chi connectivity index (χ4v) is 1.01. The summed E-state index contributed by atoms with van der Waals surface area (Å²) in [4.78, 5) is 0. The molecule has 0 saturated carbocycles. The minimum absolute atomic E-state index is 0. The van der Waals surface area contributed by atoms with Crippen LogP contribution < -0.4 is 4.18 Å². The second-order valence-corrected chi connectivity index (χ2v) is 3.00. The van der Waals surface area contributed by atoms with Crippen LogP contribution in [0.15, 0.2) is 24.3 Å². The van der Waals surface area contributed by atoms with E-state index < -0.39 is 10.4 Å². The van der Waals surface area contributed by atoms with Crippen LogP contribution in [0.25, 0.3) is 0 Å². The second-order valence-electron chi connectivity index (χ2n) is 1.98. The van der Waals surface area contributed by atoms with E-state index in [1.54, 1.807) is 0 Å². The summed E-state index contributed by atoms with van der Waals surface area (Å²) < 4.78 is 32.6. The van der Waals surface area contributed by atoms with Gasteiger partial charge in [-0.1, -0.05) is 12.1 Å². The maximum absolute atomic E-state index is 10.2. The molecular weight excluding hydrogens is 280 g/mol. The van der Waals surface area contributed by atoms with E-state index in [1.165, 1.54) is 24.3 Å². The van der Waals surface area contributed by atoms with Crippen LogP contribution in [0.2, 0.25) is 0 Å². The Morgan fingerprint density at radius 1 is 1.23 bits per heavy atom. The molecule has 5 nitrogen and oxygen atoms in total. The van der Waals surface area contributed by atoms with Crippen LogP contribution in [0.1, 0.15) is 0 Å². The van der Waals surface area contributed by atoms with Crippen molar-refractivity contribution in [3.63, 3.8) is 0 Å². The van der Waals surface area contributed by atoms with Crippen molar-refractivity contribution in [2.24, 2.45) is 0 Å². The Bertz CT molecular complexity index is 374. The monoisotopic (exact) mass is 288 g/mol. The molecule has 7 heteroatoms. The number of rotatable bonds is 2. The summed E-state index contributed by atoms with van der Waals surface area (Å²) in [6, 6.07) is 5.40. The number of para-hydroxylation sites is 2. The molecular formula is C6H6MoO5S. The van der Waals surface area contributed by atoms with Crippen LogP contribution in [-0.4, -0.2) is 18.1 Å². The molecule has 0 fully saturated rings. The molecule has 0 saturated heterocycles. The van der Waals surface area contributed by atoms with Gasteiger partial charge in [-0.05, 0) is 12.1 Å². The van der Waals surface area contributed by atoms with Crippen LogP contribution in [0.5, 0.6) is 11.5 Å². The minimum atomic E-state index is -4.56. The van der Waals surface area contributed by atoms with Crippen molar-refractivity contribution in [1.82, 2.24) is 0 Å². The number of hydrogen-bond acceptors (Lipinski definition) is 4. The van der Waals surface area contributed by atoms with Crippen LogP contribution in [0, 0.1) is 0 Å². The summed E-state index contributed by atoms with van der Waals surface area (Å²) in [7, 11) is -4.56. The minimum Gasteiger partial charge on any atom is -0.504 e. The number of hydrogen-bond donors (Lipinski definition) is 2. The molecule has 1 rings (SSSR count). The fourth-order valence-electron chi connectivity index (χ4n) is 0.641. The summed E-state index contributed by atoms with van der Waals surface area (Å²) in [5, 5.41) is 8.97. The van der Waals surface area contributed by atoms with Gasteiger partial charge in [0.1, 0.15) is 0 Å². The molecule has 1 aromatic rings. The quantitative estimate of drug-likeness (QED) is 0.613. The Hall–Kier alpha value is -0.582. The van der Waals surface area contributed by atoms with Gasteiger partial charge in [0.2, 0.25) is 0 Å². The van der Waals surface area contributed by atoms with Crippen molar-refractivity contribution in [2.75, 3.05) is 0 Å². The van der Waals surface area contributed by atoms with Crippen molar-refractivity contribution in [2.45, 2.75) is 0 Å². The number of phenols is 1. The Labute approximate surface area is 89.6 Å². The maximum atomic E-state index is 10.2. The molecule has 0 atom stereocenters. The SMILES string of the molecule is O=S(=O)(O)Oc1ccccc1O.[Mo]. The van der Waals surface area contributed by atoms with E-state index in [1.807, 2.05) is 0 Å². The third-order valence-corrected chi connectivity index (χ3v) is 1.45. The van der Waals surface area contributed by atoms with E-state index in [0.717, 1.165) is 0 Å². The first-order chi connectivity index (χ1) is 5.49. The molecule has 0 aliphatic rings. The fraction of sp³-hybridized carbons (Fsp3) is 0. The molecule has 2 N–H and O–H groups in total. The second kappa shape index (κ2) is 4.60. The Kier molecular flexibility index (Phi) is 4.39. The third kappa shape index (κ3) is 4.26. The normalized spacial score (nSPS) is 10.2. The van der Waals surface area contributed by atoms with Crippen LogP contribution >= 0.6 is 0 Å². The van der Waals surface area contributed by atoms with E-state index in [4.69, 9.17) is 9.66 Å². The zero-order chi connectivity index (χ0) is 9.19. The predicted molar refractivity (Wildman–Crippen MR) is 40.3 cm³/mol. The topological polar surface area (TPSA) is 83.8 Å². The first-order valence-electron chi connectivity index (χ1n) is 2.94. The van der Waals surface area contributed by atoms with E-state index in [2.05, 4.69) is 4.18 Å². The van der Waals surface area contributed by atoms with Gasteiger partial charge in [-0.15, -0.1) is 0 Å². The molecule has 0 bridgehead atoms. The smallest absolute Gasteiger partial charge is 0.446 e. The van der Waals surface area contributed by atoms with Gasteiger partial charge in [-0.25, -0.2) is 0 Å². The van der Waals surface area contributed by atoms with Crippen molar-refractivity contribution < 1.29 is 43.3 Å². The van der Waals surface area contributed by atoms with Crippen molar-refractivity contribution >= 4 is 10.4 Å². The van der Waals surface area contributed by atoms with Crippen molar-refractivity contribution in [3.8, 4) is 11.5 Å². The van der Waals surface area contributed by atoms with Crippen LogP contribution in [0.4, 0.5) is 0 Å². The molecule has 72 valence electrons. The molecule has 0 aromatic heterocycles. The zero-order valence-corrected chi connectivity index (χ0v) is 9.07. The first-order valence-corrected chi connectivity index (χ1v) is 4.30. The van der Waals surface area contributed by atoms with Crippen molar-refractivity contribution in [1.29, 1.82) is 0 Å². The Balaban J connectivity index is 0.00000144. The average Bonchev–Trinajstić information content (AvgIpc) is 1.91. The van der Waals surface area contributed by atoms with Gasteiger partial charge in [0.25, 0.3) is 0 Å². The molecule has 0 amide bonds. The largest absolute Gasteiger partial charge is 0.504 e. The number of aromatic hydroxyl groups is 1. The number of benzene rings is 1. The zero-order valence-electron chi connectivity index (χ0n) is 6.25. The summed E-state index contributed by atoms with van der Waals surface area (Å²) in [6.45, 7) is 0. The van der Waals surface area contributed by atoms with E-state index in [9.17, 15) is 8.42 Å². The molecule has 0 aliphatic heterocycles. The first kappa shape index (κ1) is 12.4. The molecule has 0 heterocycles. The third-order valence-electron chi connectivity index (χ3n) is 1.06. The maximum Gasteiger partial charge on any atom is 0.446 e. The molecule has 1 aromatic carbocycles. The van der Waals surface area contributed by atoms with Gasteiger partial charge in [-0.3, -0.25) is 4.55 Å². The Morgan fingerprint density at radius 2 is 1.77 bits per heavy atom. The molecule has 0 unspecified atom stereocenters. The summed E-state index contributed by atoms with van der Waals surface area (Å²) in [5.74, 6) is -0.657. The van der Waals surface area contributed by atoms with Crippen LogP contribution in [-0.2, 0) is 31.5 Å². The summed E-state index contributed by atoms with van der Waals surface area (Å²) >= 11 is 0. The van der Waals surface area contributed by atoms with Gasteiger partial charge in [0.05, 0.1) is 0 Å². The van der Waals surface area contributed by atoms with Gasteiger partial charge in [0, 0.05) is 21.1 Å². The van der Waals surface area contributed by atoms with Gasteiger partial charge >= 0.3 is 10.4 Å². The van der Waals surface area contributed by atoms with E-state index in [0.29, 0.717) is 0 Å². The average molecular weight is 286 g/mol. The van der Waals surface area contributed by atoms with Crippen LogP contribution in [0.3, 0.4) is 0 Å². The number of phenolic OH excluding ortho intramolecular Hbond substituents is 1. The standard InChI is InChI=1S/C6H6O5S.Mo/c7-5-3-1-2-4-6(5)11-12(8,9)10;/h1-4,7H,(H,8,9,10);. The Morgan fingerprint density at radius 3 is 2.23 bits per heavy atom. The predicted octanol–water partition coefficient (Wildman–Crippen LogP) is 0.571.